The summed E-state index contributed by atoms with van der Waals surface area (Å²) < 4.78 is 5.46. The first-order valence-corrected chi connectivity index (χ1v) is 8.26. The molecule has 2 fully saturated rings. The van der Waals surface area contributed by atoms with E-state index in [1.165, 1.54) is 19.3 Å². The van der Waals surface area contributed by atoms with Gasteiger partial charge in [-0.05, 0) is 51.9 Å². The number of alkyl halides is 1. The number of aliphatic hydroxyl groups excluding tert-OH is 1. The highest BCUT2D eigenvalue weighted by Crippen LogP contribution is 2.46. The molecule has 0 aromatic heterocycles. The van der Waals surface area contributed by atoms with Crippen LogP contribution in [0.3, 0.4) is 0 Å². The molecule has 0 saturated heterocycles. The lowest BCUT2D eigenvalue weighted by molar-refractivity contribution is -0.169. The van der Waals surface area contributed by atoms with Gasteiger partial charge in [-0.2, -0.15) is 0 Å². The van der Waals surface area contributed by atoms with E-state index in [0.717, 1.165) is 6.42 Å². The highest BCUT2D eigenvalue weighted by molar-refractivity contribution is 9.09. The van der Waals surface area contributed by atoms with Gasteiger partial charge in [0.05, 0.1) is 12.0 Å². The maximum atomic E-state index is 12.2. The molecule has 3 nitrogen and oxygen atoms in total. The van der Waals surface area contributed by atoms with E-state index in [1.807, 2.05) is 20.8 Å². The lowest BCUT2D eigenvalue weighted by Crippen LogP contribution is -2.49. The molecule has 19 heavy (non-hydrogen) atoms. The zero-order chi connectivity index (χ0) is 14.2. The summed E-state index contributed by atoms with van der Waals surface area (Å²) in [6.07, 6.45) is 4.77. The number of hydrogen-bond donors (Lipinski definition) is 1. The highest BCUT2D eigenvalue weighted by Gasteiger charge is 2.47. The second kappa shape index (κ2) is 5.72. The maximum absolute atomic E-state index is 12.2. The van der Waals surface area contributed by atoms with Crippen LogP contribution in [0.1, 0.15) is 52.9 Å². The first kappa shape index (κ1) is 15.3. The zero-order valence-corrected chi connectivity index (χ0v) is 13.6. The topological polar surface area (TPSA) is 46.5 Å². The van der Waals surface area contributed by atoms with Crippen molar-refractivity contribution >= 4 is 21.9 Å². The van der Waals surface area contributed by atoms with Gasteiger partial charge >= 0.3 is 5.97 Å². The summed E-state index contributed by atoms with van der Waals surface area (Å²) >= 11 is 3.73. The molecule has 0 radical (unpaired) electrons. The molecule has 0 bridgehead atoms. The number of hydrogen-bond acceptors (Lipinski definition) is 3. The molecule has 0 amide bonds. The fourth-order valence-electron chi connectivity index (χ4n) is 3.53. The molecule has 5 unspecified atom stereocenters. The van der Waals surface area contributed by atoms with Crippen LogP contribution in [-0.4, -0.2) is 27.6 Å². The molecule has 0 spiro atoms. The molecule has 2 aliphatic carbocycles. The van der Waals surface area contributed by atoms with Crippen molar-refractivity contribution in [2.75, 3.05) is 0 Å². The van der Waals surface area contributed by atoms with E-state index in [2.05, 4.69) is 15.9 Å². The Morgan fingerprint density at radius 3 is 2.37 bits per heavy atom. The van der Waals surface area contributed by atoms with Gasteiger partial charge in [0.15, 0.2) is 0 Å². The summed E-state index contributed by atoms with van der Waals surface area (Å²) in [4.78, 5) is 12.6. The third-order valence-electron chi connectivity index (χ3n) is 4.38. The summed E-state index contributed by atoms with van der Waals surface area (Å²) in [5.41, 5.74) is -0.484. The molecular formula is C15H25BrO3. The molecule has 5 atom stereocenters. The number of carbonyl (C=O) groups is 1. The Balaban J connectivity index is 2.08. The summed E-state index contributed by atoms with van der Waals surface area (Å²) in [6, 6.07) is 0. The fourth-order valence-corrected chi connectivity index (χ4v) is 4.59. The lowest BCUT2D eigenvalue weighted by atomic mass is 9.65. The van der Waals surface area contributed by atoms with E-state index < -0.39 is 11.7 Å². The number of halogens is 1. The third-order valence-corrected chi connectivity index (χ3v) is 5.43. The SMILES string of the molecule is CC(C)(C)OC(=O)C1CC(Br)C2CCCCC2C1O. The van der Waals surface area contributed by atoms with Crippen molar-refractivity contribution in [1.82, 2.24) is 0 Å². The van der Waals surface area contributed by atoms with Crippen LogP contribution in [-0.2, 0) is 9.53 Å². The summed E-state index contributed by atoms with van der Waals surface area (Å²) in [5, 5.41) is 10.5. The zero-order valence-electron chi connectivity index (χ0n) is 12.1. The van der Waals surface area contributed by atoms with Crippen molar-refractivity contribution in [3.05, 3.63) is 0 Å². The summed E-state index contributed by atoms with van der Waals surface area (Å²) in [5.74, 6) is 0.156. The third kappa shape index (κ3) is 3.52. The Labute approximate surface area is 124 Å². The van der Waals surface area contributed by atoms with E-state index in [9.17, 15) is 9.90 Å². The van der Waals surface area contributed by atoms with Gasteiger partial charge in [0.1, 0.15) is 5.60 Å². The van der Waals surface area contributed by atoms with Crippen molar-refractivity contribution in [2.45, 2.75) is 69.4 Å². The molecular weight excluding hydrogens is 308 g/mol. The van der Waals surface area contributed by atoms with E-state index in [1.54, 1.807) is 0 Å². The van der Waals surface area contributed by atoms with Crippen LogP contribution < -0.4 is 0 Å². The van der Waals surface area contributed by atoms with E-state index >= 15 is 0 Å². The average molecular weight is 333 g/mol. The summed E-state index contributed by atoms with van der Waals surface area (Å²) in [6.45, 7) is 5.61. The standard InChI is InChI=1S/C15H25BrO3/c1-15(2,3)19-14(18)11-8-12(16)9-6-4-5-7-10(9)13(11)17/h9-13,17H,4-8H2,1-3H3. The van der Waals surface area contributed by atoms with Gasteiger partial charge in [-0.1, -0.05) is 28.8 Å². The van der Waals surface area contributed by atoms with Crippen LogP contribution in [0.4, 0.5) is 0 Å². The number of rotatable bonds is 1. The smallest absolute Gasteiger partial charge is 0.312 e. The van der Waals surface area contributed by atoms with Gasteiger partial charge in [-0.25, -0.2) is 0 Å². The quantitative estimate of drug-likeness (QED) is 0.592. The van der Waals surface area contributed by atoms with Gasteiger partial charge in [-0.15, -0.1) is 0 Å². The molecule has 0 heterocycles. The van der Waals surface area contributed by atoms with Crippen molar-refractivity contribution in [2.24, 2.45) is 17.8 Å². The van der Waals surface area contributed by atoms with E-state index in [-0.39, 0.29) is 17.8 Å². The number of fused-ring (bicyclic) bond motifs is 1. The lowest BCUT2D eigenvalue weighted by Gasteiger charge is -2.45. The second-order valence-corrected chi connectivity index (χ2v) is 8.17. The van der Waals surface area contributed by atoms with Crippen LogP contribution in [0.15, 0.2) is 0 Å². The molecule has 0 aromatic carbocycles. The minimum absolute atomic E-state index is 0.242. The van der Waals surface area contributed by atoms with Gasteiger partial charge in [0, 0.05) is 4.83 Å². The number of ether oxygens (including phenoxy) is 1. The maximum Gasteiger partial charge on any atom is 0.312 e. The number of esters is 1. The largest absolute Gasteiger partial charge is 0.460 e. The molecule has 0 aromatic rings. The van der Waals surface area contributed by atoms with E-state index in [0.29, 0.717) is 17.2 Å². The Kier molecular flexibility index (Phi) is 4.61. The highest BCUT2D eigenvalue weighted by atomic mass is 79.9. The van der Waals surface area contributed by atoms with Crippen molar-refractivity contribution in [3.63, 3.8) is 0 Å². The first-order chi connectivity index (χ1) is 8.79. The van der Waals surface area contributed by atoms with Crippen molar-refractivity contribution in [3.8, 4) is 0 Å². The Morgan fingerprint density at radius 2 is 1.79 bits per heavy atom. The molecule has 1 N–H and O–H groups in total. The normalized spacial score (nSPS) is 39.5. The van der Waals surface area contributed by atoms with Crippen LogP contribution in [0, 0.1) is 17.8 Å². The van der Waals surface area contributed by atoms with Gasteiger partial charge in [0.25, 0.3) is 0 Å². The Bertz CT molecular complexity index is 337. The predicted molar refractivity (Wildman–Crippen MR) is 78.1 cm³/mol. The minimum Gasteiger partial charge on any atom is -0.460 e. The monoisotopic (exact) mass is 332 g/mol. The Hall–Kier alpha value is -0.0900. The number of carbonyl (C=O) groups excluding carboxylic acids is 1. The van der Waals surface area contributed by atoms with Crippen LogP contribution >= 0.6 is 15.9 Å². The summed E-state index contributed by atoms with van der Waals surface area (Å²) in [7, 11) is 0. The van der Waals surface area contributed by atoms with Crippen molar-refractivity contribution < 1.29 is 14.6 Å². The molecule has 4 heteroatoms. The fraction of sp³-hybridized carbons (Fsp3) is 0.933. The van der Waals surface area contributed by atoms with E-state index in [4.69, 9.17) is 4.74 Å². The molecule has 2 aliphatic rings. The predicted octanol–water partition coefficient (Wildman–Crippen LogP) is 3.28. The molecule has 0 aliphatic heterocycles. The molecule has 2 saturated carbocycles. The van der Waals surface area contributed by atoms with Crippen LogP contribution in [0.2, 0.25) is 0 Å². The van der Waals surface area contributed by atoms with Gasteiger partial charge < -0.3 is 9.84 Å². The Morgan fingerprint density at radius 1 is 1.21 bits per heavy atom. The number of aliphatic hydroxyl groups is 1. The first-order valence-electron chi connectivity index (χ1n) is 7.34. The van der Waals surface area contributed by atoms with Gasteiger partial charge in [0.2, 0.25) is 0 Å². The van der Waals surface area contributed by atoms with Crippen LogP contribution in [0.25, 0.3) is 0 Å². The van der Waals surface area contributed by atoms with Crippen LogP contribution in [0.5, 0.6) is 0 Å². The average Bonchev–Trinajstić information content (AvgIpc) is 2.31. The second-order valence-electron chi connectivity index (χ2n) is 6.99. The van der Waals surface area contributed by atoms with Gasteiger partial charge in [-0.3, -0.25) is 4.79 Å². The molecule has 2 rings (SSSR count). The molecule has 110 valence electrons. The van der Waals surface area contributed by atoms with Crippen molar-refractivity contribution in [1.29, 1.82) is 0 Å². The minimum atomic E-state index is -0.533.